The number of aromatic amines is 1. The molecule has 2 aromatic carbocycles. The van der Waals surface area contributed by atoms with Gasteiger partial charge in [-0.3, -0.25) is 9.78 Å². The van der Waals surface area contributed by atoms with E-state index in [9.17, 15) is 10.1 Å². The summed E-state index contributed by atoms with van der Waals surface area (Å²) >= 11 is 0. The topological polar surface area (TPSA) is 94.9 Å². The van der Waals surface area contributed by atoms with E-state index in [1.54, 1.807) is 0 Å². The van der Waals surface area contributed by atoms with Crippen molar-refractivity contribution in [2.45, 2.75) is 52.4 Å². The summed E-state index contributed by atoms with van der Waals surface area (Å²) in [5.74, 6) is 0.968. The fraction of sp³-hybridized carbons (Fsp3) is 0.407. The average molecular weight is 458 g/mol. The number of likely N-dealkylation sites (tertiary alicyclic amines) is 1. The molecule has 7 heteroatoms. The van der Waals surface area contributed by atoms with Crippen LogP contribution in [0, 0.1) is 11.3 Å². The number of hydrogen-bond donors (Lipinski definition) is 1. The van der Waals surface area contributed by atoms with Crippen molar-refractivity contribution in [2.24, 2.45) is 0 Å². The zero-order valence-corrected chi connectivity index (χ0v) is 20.1. The molecule has 34 heavy (non-hydrogen) atoms. The Morgan fingerprint density at radius 2 is 1.85 bits per heavy atom. The van der Waals surface area contributed by atoms with E-state index in [0.29, 0.717) is 37.4 Å². The van der Waals surface area contributed by atoms with Crippen LogP contribution in [-0.2, 0) is 12.8 Å². The summed E-state index contributed by atoms with van der Waals surface area (Å²) in [7, 11) is 0. The highest BCUT2D eigenvalue weighted by molar-refractivity contribution is 5.97. The van der Waals surface area contributed by atoms with E-state index in [4.69, 9.17) is 4.74 Å². The van der Waals surface area contributed by atoms with Crippen molar-refractivity contribution in [1.82, 2.24) is 20.1 Å². The van der Waals surface area contributed by atoms with Crippen LogP contribution in [0.4, 0.5) is 0 Å². The van der Waals surface area contributed by atoms with Gasteiger partial charge in [-0.25, -0.2) is 0 Å². The van der Waals surface area contributed by atoms with Crippen molar-refractivity contribution in [3.63, 3.8) is 0 Å². The number of benzene rings is 2. The number of nitrogens with one attached hydrogen (secondary N) is 1. The lowest BCUT2D eigenvalue weighted by Crippen LogP contribution is -2.38. The monoisotopic (exact) mass is 457 g/mol. The molecule has 0 bridgehead atoms. The summed E-state index contributed by atoms with van der Waals surface area (Å²) in [5, 5.41) is 17.8. The summed E-state index contributed by atoms with van der Waals surface area (Å²) in [6, 6.07) is 14.6. The van der Waals surface area contributed by atoms with Gasteiger partial charge in [0.1, 0.15) is 0 Å². The second kappa shape index (κ2) is 10.5. The van der Waals surface area contributed by atoms with Crippen molar-refractivity contribution in [3.05, 3.63) is 64.2 Å². The summed E-state index contributed by atoms with van der Waals surface area (Å²) in [6.45, 7) is 7.93. The molecule has 1 aromatic heterocycles. The van der Waals surface area contributed by atoms with Gasteiger partial charge in [-0.05, 0) is 67.3 Å². The maximum Gasteiger partial charge on any atom is 0.314 e. The molecule has 1 aliphatic heterocycles. The Kier molecular flexibility index (Phi) is 7.27. The largest absolute Gasteiger partial charge is 0.464 e. The fourth-order valence-corrected chi connectivity index (χ4v) is 4.79. The van der Waals surface area contributed by atoms with Crippen molar-refractivity contribution in [1.29, 1.82) is 5.26 Å². The number of aryl methyl sites for hydroxylation is 2. The first-order chi connectivity index (χ1) is 16.6. The molecule has 0 unspecified atom stereocenters. The third-order valence-corrected chi connectivity index (χ3v) is 6.63. The Morgan fingerprint density at radius 3 is 2.53 bits per heavy atom. The molecule has 1 N–H and O–H groups in total. The number of piperidine rings is 1. The van der Waals surface area contributed by atoms with Crippen LogP contribution in [0.2, 0.25) is 0 Å². The number of nitriles is 1. The lowest BCUT2D eigenvalue weighted by Gasteiger charge is -2.33. The summed E-state index contributed by atoms with van der Waals surface area (Å²) in [5.41, 5.74) is 5.61. The molecule has 1 saturated heterocycles. The van der Waals surface area contributed by atoms with Crippen LogP contribution < -0.4 is 4.74 Å². The number of ether oxygens (including phenoxy) is 1. The summed E-state index contributed by atoms with van der Waals surface area (Å²) in [6.07, 6.45) is 3.31. The third kappa shape index (κ3) is 4.67. The minimum Gasteiger partial charge on any atom is -0.464 e. The molecule has 2 heterocycles. The van der Waals surface area contributed by atoms with E-state index in [1.165, 1.54) is 0 Å². The Hall–Kier alpha value is -3.66. The molecule has 0 spiro atoms. The number of aromatic nitrogens is 3. The van der Waals surface area contributed by atoms with Crippen LogP contribution >= 0.6 is 0 Å². The van der Waals surface area contributed by atoms with Crippen molar-refractivity contribution in [3.8, 4) is 23.5 Å². The van der Waals surface area contributed by atoms with Gasteiger partial charge in [0.2, 0.25) is 0 Å². The SMILES string of the molecule is CCOc1nnc(-c2cc(C(=O)N3CCC(c4ccccc4C#N)CC3)c(CC)cc2CC)[nH]1. The lowest BCUT2D eigenvalue weighted by atomic mass is 9.86. The first-order valence-corrected chi connectivity index (χ1v) is 12.1. The highest BCUT2D eigenvalue weighted by Gasteiger charge is 2.27. The first kappa shape index (κ1) is 23.5. The third-order valence-electron chi connectivity index (χ3n) is 6.63. The normalized spacial score (nSPS) is 14.1. The molecule has 1 amide bonds. The Labute approximate surface area is 200 Å². The zero-order valence-electron chi connectivity index (χ0n) is 20.1. The van der Waals surface area contributed by atoms with Crippen LogP contribution in [0.25, 0.3) is 11.4 Å². The molecule has 3 aromatic rings. The minimum atomic E-state index is 0.0531. The van der Waals surface area contributed by atoms with E-state index >= 15 is 0 Å². The molecule has 0 atom stereocenters. The predicted molar refractivity (Wildman–Crippen MR) is 131 cm³/mol. The Balaban J connectivity index is 1.58. The summed E-state index contributed by atoms with van der Waals surface area (Å²) in [4.78, 5) is 18.7. The molecule has 0 radical (unpaired) electrons. The molecular weight excluding hydrogens is 426 g/mol. The standard InChI is InChI=1S/C27H31N5O2/c1-4-18-15-19(5-2)24(16-23(18)25-29-27(31-30-25)34-6-3)26(33)32-13-11-20(12-14-32)22-10-8-7-9-21(22)17-28/h7-10,15-16,20H,4-6,11-14H2,1-3H3,(H,29,30,31). The second-order valence-corrected chi connectivity index (χ2v) is 8.55. The molecule has 7 nitrogen and oxygen atoms in total. The maximum absolute atomic E-state index is 13.6. The van der Waals surface area contributed by atoms with Crippen LogP contribution in [0.5, 0.6) is 6.01 Å². The molecule has 0 saturated carbocycles. The van der Waals surface area contributed by atoms with E-state index in [1.807, 2.05) is 42.2 Å². The van der Waals surface area contributed by atoms with Gasteiger partial charge in [0.05, 0.1) is 18.2 Å². The zero-order chi connectivity index (χ0) is 24.1. The molecule has 1 fully saturated rings. The average Bonchev–Trinajstić information content (AvgIpc) is 3.36. The molecule has 1 aliphatic rings. The lowest BCUT2D eigenvalue weighted by molar-refractivity contribution is 0.0712. The molecule has 4 rings (SSSR count). The Morgan fingerprint density at radius 1 is 1.12 bits per heavy atom. The highest BCUT2D eigenvalue weighted by Crippen LogP contribution is 2.32. The van der Waals surface area contributed by atoms with Gasteiger partial charge in [0, 0.05) is 24.2 Å². The van der Waals surface area contributed by atoms with Crippen molar-refractivity contribution >= 4 is 5.91 Å². The van der Waals surface area contributed by atoms with Crippen LogP contribution in [0.1, 0.15) is 72.1 Å². The Bertz CT molecular complexity index is 1200. The van der Waals surface area contributed by atoms with E-state index in [-0.39, 0.29) is 5.91 Å². The minimum absolute atomic E-state index is 0.0531. The number of rotatable bonds is 7. The van der Waals surface area contributed by atoms with Gasteiger partial charge < -0.3 is 9.64 Å². The van der Waals surface area contributed by atoms with Crippen LogP contribution in [-0.4, -0.2) is 45.7 Å². The molecule has 0 aliphatic carbocycles. The van der Waals surface area contributed by atoms with Gasteiger partial charge in [-0.2, -0.15) is 5.26 Å². The van der Waals surface area contributed by atoms with E-state index < -0.39 is 0 Å². The predicted octanol–water partition coefficient (Wildman–Crippen LogP) is 4.89. The number of hydrogen-bond acceptors (Lipinski definition) is 5. The molecule has 176 valence electrons. The first-order valence-electron chi connectivity index (χ1n) is 12.1. The number of carbonyl (C=O) groups is 1. The summed E-state index contributed by atoms with van der Waals surface area (Å²) < 4.78 is 5.44. The fourth-order valence-electron chi connectivity index (χ4n) is 4.79. The quantitative estimate of drug-likeness (QED) is 0.545. The number of H-pyrrole nitrogens is 1. The number of amides is 1. The maximum atomic E-state index is 13.6. The van der Waals surface area contributed by atoms with Crippen LogP contribution in [0.15, 0.2) is 36.4 Å². The van der Waals surface area contributed by atoms with Gasteiger partial charge in [-0.1, -0.05) is 43.2 Å². The van der Waals surface area contributed by atoms with Gasteiger partial charge >= 0.3 is 6.01 Å². The van der Waals surface area contributed by atoms with E-state index in [2.05, 4.69) is 41.2 Å². The molecular formula is C27H31N5O2. The van der Waals surface area contributed by atoms with Gasteiger partial charge in [0.25, 0.3) is 5.91 Å². The number of nitrogens with zero attached hydrogens (tertiary/aromatic N) is 4. The van der Waals surface area contributed by atoms with E-state index in [0.717, 1.165) is 59.1 Å². The van der Waals surface area contributed by atoms with Crippen molar-refractivity contribution in [2.75, 3.05) is 19.7 Å². The second-order valence-electron chi connectivity index (χ2n) is 8.55. The highest BCUT2D eigenvalue weighted by atomic mass is 16.5. The number of carbonyl (C=O) groups excluding carboxylic acids is 1. The van der Waals surface area contributed by atoms with Gasteiger partial charge in [-0.15, -0.1) is 5.10 Å². The van der Waals surface area contributed by atoms with Gasteiger partial charge in [0.15, 0.2) is 5.82 Å². The van der Waals surface area contributed by atoms with Crippen LogP contribution in [0.3, 0.4) is 0 Å². The smallest absolute Gasteiger partial charge is 0.314 e. The van der Waals surface area contributed by atoms with Crippen molar-refractivity contribution < 1.29 is 9.53 Å².